The minimum absolute atomic E-state index is 0.248. The smallest absolute Gasteiger partial charge is 0.257 e. The Morgan fingerprint density at radius 3 is 2.54 bits per heavy atom. The van der Waals surface area contributed by atoms with Gasteiger partial charge in [0.1, 0.15) is 12.1 Å². The molecule has 3 rings (SSSR count). The van der Waals surface area contributed by atoms with Crippen molar-refractivity contribution < 1.29 is 9.53 Å². The Labute approximate surface area is 139 Å². The van der Waals surface area contributed by atoms with Gasteiger partial charge >= 0.3 is 0 Å². The number of rotatable bonds is 4. The number of carbonyl (C=O) groups excluding carboxylic acids is 1. The number of aromatic nitrogens is 3. The van der Waals surface area contributed by atoms with Gasteiger partial charge < -0.3 is 10.1 Å². The molecule has 6 nitrogen and oxygen atoms in total. The van der Waals surface area contributed by atoms with Crippen LogP contribution in [0.1, 0.15) is 15.9 Å². The number of aryl methyl sites for hydroxylation is 1. The molecule has 2 aromatic heterocycles. The summed E-state index contributed by atoms with van der Waals surface area (Å²) in [5.41, 5.74) is 3.62. The molecule has 0 saturated heterocycles. The van der Waals surface area contributed by atoms with Crippen LogP contribution >= 0.6 is 0 Å². The molecule has 1 N–H and O–H groups in total. The molecule has 0 spiro atoms. The molecule has 1 aromatic carbocycles. The number of benzene rings is 1. The Kier molecular flexibility index (Phi) is 4.47. The molecule has 0 atom stereocenters. The summed E-state index contributed by atoms with van der Waals surface area (Å²) in [5, 5.41) is 2.85. The SMILES string of the molecule is COc1ccc(C)cc1NC(=O)c1ccc(-c2cncnc2)nc1. The predicted octanol–water partition coefficient (Wildman–Crippen LogP) is 3.11. The average molecular weight is 320 g/mol. The third-order valence-corrected chi connectivity index (χ3v) is 3.49. The first kappa shape index (κ1) is 15.6. The number of pyridine rings is 1. The molecule has 24 heavy (non-hydrogen) atoms. The fourth-order valence-corrected chi connectivity index (χ4v) is 2.24. The van der Waals surface area contributed by atoms with Gasteiger partial charge in [0, 0.05) is 24.2 Å². The fourth-order valence-electron chi connectivity index (χ4n) is 2.24. The van der Waals surface area contributed by atoms with Crippen LogP contribution in [0.4, 0.5) is 5.69 Å². The first-order valence-electron chi connectivity index (χ1n) is 7.35. The molecule has 2 heterocycles. The topological polar surface area (TPSA) is 77.0 Å². The van der Waals surface area contributed by atoms with E-state index in [-0.39, 0.29) is 5.91 Å². The number of nitrogens with zero attached hydrogens (tertiary/aromatic N) is 3. The number of anilines is 1. The number of nitrogens with one attached hydrogen (secondary N) is 1. The third kappa shape index (κ3) is 3.38. The lowest BCUT2D eigenvalue weighted by Gasteiger charge is -2.11. The van der Waals surface area contributed by atoms with Gasteiger partial charge in [-0.25, -0.2) is 9.97 Å². The Balaban J connectivity index is 1.80. The summed E-state index contributed by atoms with van der Waals surface area (Å²) in [6.45, 7) is 1.95. The largest absolute Gasteiger partial charge is 0.495 e. The van der Waals surface area contributed by atoms with Crippen LogP contribution < -0.4 is 10.1 Å². The minimum Gasteiger partial charge on any atom is -0.495 e. The highest BCUT2D eigenvalue weighted by atomic mass is 16.5. The van der Waals surface area contributed by atoms with E-state index in [1.807, 2.05) is 25.1 Å². The number of hydrogen-bond donors (Lipinski definition) is 1. The van der Waals surface area contributed by atoms with Crippen molar-refractivity contribution in [3.8, 4) is 17.0 Å². The number of amides is 1. The van der Waals surface area contributed by atoms with Gasteiger partial charge in [0.05, 0.1) is 24.1 Å². The predicted molar refractivity (Wildman–Crippen MR) is 90.9 cm³/mol. The monoisotopic (exact) mass is 320 g/mol. The lowest BCUT2D eigenvalue weighted by atomic mass is 10.1. The Morgan fingerprint density at radius 2 is 1.88 bits per heavy atom. The summed E-state index contributed by atoms with van der Waals surface area (Å²) in [4.78, 5) is 24.6. The Morgan fingerprint density at radius 1 is 1.08 bits per heavy atom. The van der Waals surface area contributed by atoms with Crippen molar-refractivity contribution in [1.82, 2.24) is 15.0 Å². The van der Waals surface area contributed by atoms with Gasteiger partial charge in [0.15, 0.2) is 0 Å². The van der Waals surface area contributed by atoms with Crippen molar-refractivity contribution >= 4 is 11.6 Å². The zero-order valence-electron chi connectivity index (χ0n) is 13.4. The van der Waals surface area contributed by atoms with Gasteiger partial charge in [-0.2, -0.15) is 0 Å². The normalized spacial score (nSPS) is 10.2. The standard InChI is InChI=1S/C18H16N4O2/c1-12-3-6-17(24-2)16(7-12)22-18(23)13-4-5-15(21-10-13)14-8-19-11-20-9-14/h3-11H,1-2H3,(H,22,23). The molecule has 6 heteroatoms. The van der Waals surface area contributed by atoms with Gasteiger partial charge in [-0.05, 0) is 36.8 Å². The maximum atomic E-state index is 12.4. The molecule has 0 saturated carbocycles. The molecule has 1 amide bonds. The molecule has 0 aliphatic heterocycles. The lowest BCUT2D eigenvalue weighted by molar-refractivity contribution is 0.102. The Bertz CT molecular complexity index is 849. The van der Waals surface area contributed by atoms with Crippen molar-refractivity contribution in [2.24, 2.45) is 0 Å². The molecular weight excluding hydrogens is 304 g/mol. The highest BCUT2D eigenvalue weighted by Crippen LogP contribution is 2.25. The van der Waals surface area contributed by atoms with E-state index in [0.29, 0.717) is 22.7 Å². The lowest BCUT2D eigenvalue weighted by Crippen LogP contribution is -2.13. The van der Waals surface area contributed by atoms with Crippen LogP contribution in [0.3, 0.4) is 0 Å². The summed E-state index contributed by atoms with van der Waals surface area (Å²) in [6.07, 6.45) is 6.33. The second-order valence-electron chi connectivity index (χ2n) is 5.22. The van der Waals surface area contributed by atoms with E-state index in [2.05, 4.69) is 20.3 Å². The first-order valence-corrected chi connectivity index (χ1v) is 7.35. The number of hydrogen-bond acceptors (Lipinski definition) is 5. The van der Waals surface area contributed by atoms with Crippen LogP contribution in [-0.4, -0.2) is 28.0 Å². The molecular formula is C18H16N4O2. The average Bonchev–Trinajstić information content (AvgIpc) is 2.63. The summed E-state index contributed by atoms with van der Waals surface area (Å²) in [7, 11) is 1.57. The maximum Gasteiger partial charge on any atom is 0.257 e. The van der Waals surface area contributed by atoms with Gasteiger partial charge in [-0.1, -0.05) is 6.07 Å². The molecule has 0 aliphatic carbocycles. The molecule has 120 valence electrons. The van der Waals surface area contributed by atoms with Gasteiger partial charge in [0.25, 0.3) is 5.91 Å². The van der Waals surface area contributed by atoms with Gasteiger partial charge in [0.2, 0.25) is 0 Å². The molecule has 0 bridgehead atoms. The second kappa shape index (κ2) is 6.87. The van der Waals surface area contributed by atoms with E-state index in [0.717, 1.165) is 11.1 Å². The molecule has 3 aromatic rings. The summed E-state index contributed by atoms with van der Waals surface area (Å²) < 4.78 is 5.27. The van der Waals surface area contributed by atoms with Crippen LogP contribution in [0.2, 0.25) is 0 Å². The highest BCUT2D eigenvalue weighted by Gasteiger charge is 2.11. The van der Waals surface area contributed by atoms with E-state index >= 15 is 0 Å². The Hall–Kier alpha value is -3.28. The van der Waals surface area contributed by atoms with Crippen molar-refractivity contribution in [2.45, 2.75) is 6.92 Å². The van der Waals surface area contributed by atoms with Crippen LogP contribution in [0.25, 0.3) is 11.3 Å². The molecule has 0 unspecified atom stereocenters. The molecule has 0 fully saturated rings. The van der Waals surface area contributed by atoms with Gasteiger partial charge in [-0.3, -0.25) is 9.78 Å². The quantitative estimate of drug-likeness (QED) is 0.799. The van der Waals surface area contributed by atoms with Gasteiger partial charge in [-0.15, -0.1) is 0 Å². The molecule has 0 radical (unpaired) electrons. The zero-order valence-corrected chi connectivity index (χ0v) is 13.4. The third-order valence-electron chi connectivity index (χ3n) is 3.49. The van der Waals surface area contributed by atoms with Crippen LogP contribution in [0.15, 0.2) is 55.2 Å². The zero-order chi connectivity index (χ0) is 16.9. The van der Waals surface area contributed by atoms with Crippen LogP contribution in [0.5, 0.6) is 5.75 Å². The van der Waals surface area contributed by atoms with Crippen LogP contribution in [-0.2, 0) is 0 Å². The second-order valence-corrected chi connectivity index (χ2v) is 5.22. The fraction of sp³-hybridized carbons (Fsp3) is 0.111. The van der Waals surface area contributed by atoms with E-state index < -0.39 is 0 Å². The highest BCUT2D eigenvalue weighted by molar-refractivity contribution is 6.05. The first-order chi connectivity index (χ1) is 11.7. The van der Waals surface area contributed by atoms with E-state index in [4.69, 9.17) is 4.74 Å². The van der Waals surface area contributed by atoms with E-state index in [9.17, 15) is 4.79 Å². The maximum absolute atomic E-state index is 12.4. The van der Waals surface area contributed by atoms with Crippen molar-refractivity contribution in [3.63, 3.8) is 0 Å². The number of methoxy groups -OCH3 is 1. The summed E-state index contributed by atoms with van der Waals surface area (Å²) in [6, 6.07) is 9.09. The van der Waals surface area contributed by atoms with Crippen molar-refractivity contribution in [2.75, 3.05) is 12.4 Å². The summed E-state index contributed by atoms with van der Waals surface area (Å²) >= 11 is 0. The summed E-state index contributed by atoms with van der Waals surface area (Å²) in [5.74, 6) is 0.363. The number of carbonyl (C=O) groups is 1. The van der Waals surface area contributed by atoms with Crippen molar-refractivity contribution in [1.29, 1.82) is 0 Å². The van der Waals surface area contributed by atoms with E-state index in [1.54, 1.807) is 31.6 Å². The van der Waals surface area contributed by atoms with E-state index in [1.165, 1.54) is 12.5 Å². The molecule has 0 aliphatic rings. The van der Waals surface area contributed by atoms with Crippen molar-refractivity contribution in [3.05, 3.63) is 66.4 Å². The van der Waals surface area contributed by atoms with Crippen LogP contribution in [0, 0.1) is 6.92 Å². The number of ether oxygens (including phenoxy) is 1. The minimum atomic E-state index is -0.248.